The Bertz CT molecular complexity index is 1480. The highest BCUT2D eigenvalue weighted by Crippen LogP contribution is 2.36. The van der Waals surface area contributed by atoms with Crippen molar-refractivity contribution in [2.24, 2.45) is 0 Å². The van der Waals surface area contributed by atoms with Crippen molar-refractivity contribution in [2.75, 3.05) is 24.7 Å². The van der Waals surface area contributed by atoms with Gasteiger partial charge >= 0.3 is 6.18 Å². The number of nitrogens with one attached hydrogen (secondary N) is 1. The highest BCUT2D eigenvalue weighted by atomic mass is 32.2. The van der Waals surface area contributed by atoms with Gasteiger partial charge in [-0.2, -0.15) is 23.7 Å². The summed E-state index contributed by atoms with van der Waals surface area (Å²) in [5.41, 5.74) is -0.852. The van der Waals surface area contributed by atoms with Gasteiger partial charge in [-0.15, -0.1) is 0 Å². The summed E-state index contributed by atoms with van der Waals surface area (Å²) >= 11 is 0. The highest BCUT2D eigenvalue weighted by molar-refractivity contribution is 7.88. The summed E-state index contributed by atoms with van der Waals surface area (Å²) in [4.78, 5) is 12.0. The van der Waals surface area contributed by atoms with Crippen molar-refractivity contribution in [1.29, 1.82) is 10.5 Å². The molecule has 14 heteroatoms. The lowest BCUT2D eigenvalue weighted by atomic mass is 10.1. The standard InChI is InChI=1S/C22H19F3N8O2S/c1-36(34,35)33-6-4-16(5-7-33)30-21-28-11-17(22(23,24)25)20(31-21)18-12-32(13-29-18)19-3-2-14(9-26)8-15(19)10-27/h2-3,8,11-13,16H,4-7H2,1H3,(H,28,30,31). The Balaban J connectivity index is 1.65. The van der Waals surface area contributed by atoms with Crippen LogP contribution in [0.1, 0.15) is 29.5 Å². The summed E-state index contributed by atoms with van der Waals surface area (Å²) in [6.45, 7) is 0.556. The molecule has 1 aliphatic heterocycles. The topological polar surface area (TPSA) is 141 Å². The van der Waals surface area contributed by atoms with Crippen LogP contribution >= 0.6 is 0 Å². The van der Waals surface area contributed by atoms with E-state index in [1.807, 2.05) is 12.1 Å². The molecule has 0 aliphatic carbocycles. The van der Waals surface area contributed by atoms with Crippen molar-refractivity contribution >= 4 is 16.0 Å². The fourth-order valence-corrected chi connectivity index (χ4v) is 4.74. The van der Waals surface area contributed by atoms with E-state index in [-0.39, 0.29) is 41.9 Å². The number of nitrogens with zero attached hydrogens (tertiary/aromatic N) is 7. The maximum Gasteiger partial charge on any atom is 0.420 e. The third-order valence-corrected chi connectivity index (χ3v) is 7.00. The molecule has 36 heavy (non-hydrogen) atoms. The normalized spacial score (nSPS) is 15.3. The second kappa shape index (κ2) is 9.56. The average Bonchev–Trinajstić information content (AvgIpc) is 3.32. The molecule has 1 aliphatic rings. The van der Waals surface area contributed by atoms with Crippen LogP contribution in [0.4, 0.5) is 19.1 Å². The van der Waals surface area contributed by atoms with Crippen LogP contribution in [-0.4, -0.2) is 57.6 Å². The van der Waals surface area contributed by atoms with Crippen molar-refractivity contribution in [2.45, 2.75) is 25.1 Å². The minimum absolute atomic E-state index is 0.0403. The number of hydrogen-bond donors (Lipinski definition) is 1. The van der Waals surface area contributed by atoms with Gasteiger partial charge in [0.05, 0.1) is 29.1 Å². The van der Waals surface area contributed by atoms with Crippen LogP contribution in [0, 0.1) is 22.7 Å². The molecule has 4 rings (SSSR count). The first-order chi connectivity index (χ1) is 17.0. The van der Waals surface area contributed by atoms with E-state index in [1.165, 1.54) is 39.6 Å². The molecule has 0 saturated carbocycles. The molecule has 1 N–H and O–H groups in total. The van der Waals surface area contributed by atoms with E-state index in [0.717, 1.165) is 6.26 Å². The summed E-state index contributed by atoms with van der Waals surface area (Å²) in [7, 11) is -3.31. The van der Waals surface area contributed by atoms with Crippen molar-refractivity contribution in [3.05, 3.63) is 53.6 Å². The van der Waals surface area contributed by atoms with Gasteiger partial charge in [0.25, 0.3) is 0 Å². The zero-order valence-corrected chi connectivity index (χ0v) is 19.7. The monoisotopic (exact) mass is 516 g/mol. The van der Waals surface area contributed by atoms with Crippen LogP contribution in [0.2, 0.25) is 0 Å². The predicted octanol–water partition coefficient (Wildman–Crippen LogP) is 2.93. The third-order valence-electron chi connectivity index (χ3n) is 5.70. The van der Waals surface area contributed by atoms with Crippen LogP contribution in [0.25, 0.3) is 17.1 Å². The molecule has 3 heterocycles. The van der Waals surface area contributed by atoms with Gasteiger partial charge < -0.3 is 9.88 Å². The lowest BCUT2D eigenvalue weighted by Crippen LogP contribution is -2.42. The largest absolute Gasteiger partial charge is 0.420 e. The van der Waals surface area contributed by atoms with Crippen LogP contribution in [0.5, 0.6) is 0 Å². The lowest BCUT2D eigenvalue weighted by molar-refractivity contribution is -0.137. The van der Waals surface area contributed by atoms with Gasteiger partial charge in [0.2, 0.25) is 16.0 Å². The van der Waals surface area contributed by atoms with Crippen molar-refractivity contribution in [3.63, 3.8) is 0 Å². The number of sulfonamides is 1. The fourth-order valence-electron chi connectivity index (χ4n) is 3.87. The number of rotatable bonds is 5. The van der Waals surface area contributed by atoms with Gasteiger partial charge in [0, 0.05) is 31.5 Å². The number of nitriles is 2. The van der Waals surface area contributed by atoms with Gasteiger partial charge in [-0.25, -0.2) is 27.7 Å². The van der Waals surface area contributed by atoms with E-state index in [0.29, 0.717) is 24.7 Å². The molecular weight excluding hydrogens is 497 g/mol. The van der Waals surface area contributed by atoms with Crippen molar-refractivity contribution in [3.8, 4) is 29.2 Å². The molecule has 0 spiro atoms. The maximum atomic E-state index is 13.7. The third kappa shape index (κ3) is 5.30. The Morgan fingerprint density at radius 2 is 1.86 bits per heavy atom. The van der Waals surface area contributed by atoms with E-state index < -0.39 is 27.5 Å². The van der Waals surface area contributed by atoms with Gasteiger partial charge in [0.1, 0.15) is 29.3 Å². The quantitative estimate of drug-likeness (QED) is 0.546. The van der Waals surface area contributed by atoms with Gasteiger partial charge in [-0.3, -0.25) is 0 Å². The number of alkyl halides is 3. The molecule has 0 radical (unpaired) electrons. The Hall–Kier alpha value is -4.01. The molecule has 186 valence electrons. The minimum atomic E-state index is -4.75. The second-order valence-corrected chi connectivity index (χ2v) is 10.1. The minimum Gasteiger partial charge on any atom is -0.351 e. The first kappa shape index (κ1) is 25.1. The summed E-state index contributed by atoms with van der Waals surface area (Å²) in [6, 6.07) is 8.03. The van der Waals surface area contributed by atoms with Crippen LogP contribution in [0.3, 0.4) is 0 Å². The Morgan fingerprint density at radius 3 is 2.47 bits per heavy atom. The number of anilines is 1. The number of aromatic nitrogens is 4. The first-order valence-electron chi connectivity index (χ1n) is 10.6. The van der Waals surface area contributed by atoms with E-state index in [1.54, 1.807) is 0 Å². The second-order valence-electron chi connectivity index (χ2n) is 8.16. The Kier molecular flexibility index (Phi) is 6.67. The number of hydrogen-bond acceptors (Lipinski definition) is 8. The van der Waals surface area contributed by atoms with Crippen molar-refractivity contribution in [1.82, 2.24) is 23.8 Å². The Morgan fingerprint density at radius 1 is 1.14 bits per heavy atom. The van der Waals surface area contributed by atoms with E-state index in [4.69, 9.17) is 5.26 Å². The molecule has 0 unspecified atom stereocenters. The molecule has 0 amide bonds. The molecule has 1 aromatic carbocycles. The molecule has 0 atom stereocenters. The molecule has 0 bridgehead atoms. The predicted molar refractivity (Wildman–Crippen MR) is 122 cm³/mol. The van der Waals surface area contributed by atoms with Crippen LogP contribution in [0.15, 0.2) is 36.9 Å². The zero-order chi connectivity index (χ0) is 26.1. The van der Waals surface area contributed by atoms with Crippen molar-refractivity contribution < 1.29 is 21.6 Å². The molecular formula is C22H19F3N8O2S. The smallest absolute Gasteiger partial charge is 0.351 e. The van der Waals surface area contributed by atoms with Crippen LogP contribution in [-0.2, 0) is 16.2 Å². The number of imidazole rings is 1. The lowest BCUT2D eigenvalue weighted by Gasteiger charge is -2.30. The summed E-state index contributed by atoms with van der Waals surface area (Å²) in [6.07, 6.45) is 0.515. The number of benzene rings is 1. The van der Waals surface area contributed by atoms with E-state index in [2.05, 4.69) is 20.3 Å². The van der Waals surface area contributed by atoms with Gasteiger partial charge in [-0.1, -0.05) is 0 Å². The number of piperidine rings is 1. The summed E-state index contributed by atoms with van der Waals surface area (Å²) in [5.74, 6) is -0.0403. The zero-order valence-electron chi connectivity index (χ0n) is 18.9. The summed E-state index contributed by atoms with van der Waals surface area (Å²) in [5, 5.41) is 21.4. The average molecular weight is 517 g/mol. The van der Waals surface area contributed by atoms with E-state index in [9.17, 15) is 26.9 Å². The first-order valence-corrected chi connectivity index (χ1v) is 12.5. The van der Waals surface area contributed by atoms with Crippen LogP contribution < -0.4 is 5.32 Å². The van der Waals surface area contributed by atoms with E-state index >= 15 is 0 Å². The highest BCUT2D eigenvalue weighted by Gasteiger charge is 2.36. The maximum absolute atomic E-state index is 13.7. The molecule has 3 aromatic rings. The Labute approximate surface area is 204 Å². The summed E-state index contributed by atoms with van der Waals surface area (Å²) < 4.78 is 67.3. The molecule has 1 fully saturated rings. The molecule has 2 aromatic heterocycles. The fraction of sp³-hybridized carbons (Fsp3) is 0.318. The van der Waals surface area contributed by atoms with Gasteiger partial charge in [-0.05, 0) is 31.0 Å². The molecule has 1 saturated heterocycles. The number of halogens is 3. The SMILES string of the molecule is CS(=O)(=O)N1CCC(Nc2ncc(C(F)(F)F)c(-c3cn(-c4ccc(C#N)cc4C#N)cn3)n2)CC1. The van der Waals surface area contributed by atoms with Gasteiger partial charge in [0.15, 0.2) is 0 Å². The molecule has 10 nitrogen and oxygen atoms in total.